The first kappa shape index (κ1) is 11.3. The van der Waals surface area contributed by atoms with Crippen LogP contribution in [0.2, 0.25) is 0 Å². The van der Waals surface area contributed by atoms with Gasteiger partial charge >= 0.3 is 5.97 Å². The molecule has 0 saturated heterocycles. The van der Waals surface area contributed by atoms with E-state index in [0.29, 0.717) is 12.8 Å². The summed E-state index contributed by atoms with van der Waals surface area (Å²) >= 11 is 0. The summed E-state index contributed by atoms with van der Waals surface area (Å²) < 4.78 is 0. The quantitative estimate of drug-likeness (QED) is 0.716. The molecular formula is C12H13NO2. The molecule has 15 heavy (non-hydrogen) atoms. The first-order valence-corrected chi connectivity index (χ1v) is 4.84. The summed E-state index contributed by atoms with van der Waals surface area (Å²) in [5.74, 6) is -0.949. The molecule has 1 unspecified atom stereocenters. The van der Waals surface area contributed by atoms with Crippen LogP contribution in [0.4, 0.5) is 0 Å². The van der Waals surface area contributed by atoms with E-state index in [-0.39, 0.29) is 5.57 Å². The van der Waals surface area contributed by atoms with Crippen molar-refractivity contribution >= 4 is 5.97 Å². The van der Waals surface area contributed by atoms with E-state index in [1.54, 1.807) is 25.2 Å². The van der Waals surface area contributed by atoms with E-state index in [2.05, 4.69) is 6.07 Å². The predicted molar refractivity (Wildman–Crippen MR) is 57.0 cm³/mol. The predicted octanol–water partition coefficient (Wildman–Crippen LogP) is 2.43. The Morgan fingerprint density at radius 1 is 1.67 bits per heavy atom. The number of carboxylic acids is 1. The van der Waals surface area contributed by atoms with Crippen LogP contribution in [0.5, 0.6) is 0 Å². The van der Waals surface area contributed by atoms with E-state index in [9.17, 15) is 4.79 Å². The summed E-state index contributed by atoms with van der Waals surface area (Å²) in [6, 6.07) is 2.16. The highest BCUT2D eigenvalue weighted by Gasteiger charge is 2.25. The normalized spacial score (nSPS) is 24.9. The molecule has 0 bridgehead atoms. The van der Waals surface area contributed by atoms with Gasteiger partial charge in [-0.1, -0.05) is 31.2 Å². The molecule has 0 spiro atoms. The summed E-state index contributed by atoms with van der Waals surface area (Å²) in [7, 11) is 0. The number of rotatable bonds is 3. The smallest absolute Gasteiger partial charge is 0.331 e. The molecule has 0 aromatic rings. The molecule has 3 heteroatoms. The van der Waals surface area contributed by atoms with E-state index >= 15 is 0 Å². The van der Waals surface area contributed by atoms with Gasteiger partial charge < -0.3 is 5.11 Å². The lowest BCUT2D eigenvalue weighted by molar-refractivity contribution is -0.132. The third-order valence-electron chi connectivity index (χ3n) is 2.39. The standard InChI is InChI=1S/C12H13NO2/c1-2-10(11(14)15)8-12(9-13)6-4-3-5-7-12/h3-6,8H,2,7H2,1H3,(H,14,15). The Morgan fingerprint density at radius 2 is 2.40 bits per heavy atom. The van der Waals surface area contributed by atoms with Crippen molar-refractivity contribution in [2.24, 2.45) is 5.41 Å². The Bertz CT molecular complexity index is 385. The largest absolute Gasteiger partial charge is 0.478 e. The van der Waals surface area contributed by atoms with Crippen LogP contribution in [0.3, 0.4) is 0 Å². The Kier molecular flexibility index (Phi) is 3.46. The van der Waals surface area contributed by atoms with Crippen molar-refractivity contribution in [1.29, 1.82) is 5.26 Å². The molecular weight excluding hydrogens is 190 g/mol. The lowest BCUT2D eigenvalue weighted by Crippen LogP contribution is -2.15. The SMILES string of the molecule is CCC(=CC1(C#N)C=CC=CC1)C(=O)O. The van der Waals surface area contributed by atoms with Gasteiger partial charge in [-0.2, -0.15) is 5.26 Å². The Balaban J connectivity index is 3.04. The fraction of sp³-hybridized carbons (Fsp3) is 0.333. The summed E-state index contributed by atoms with van der Waals surface area (Å²) in [6.45, 7) is 1.77. The number of hydrogen-bond acceptors (Lipinski definition) is 2. The van der Waals surface area contributed by atoms with Crippen molar-refractivity contribution in [3.63, 3.8) is 0 Å². The third-order valence-corrected chi connectivity index (χ3v) is 2.39. The monoisotopic (exact) mass is 203 g/mol. The second-order valence-electron chi connectivity index (χ2n) is 3.47. The maximum atomic E-state index is 10.8. The average Bonchev–Trinajstić information content (AvgIpc) is 2.27. The van der Waals surface area contributed by atoms with Gasteiger partial charge in [0.1, 0.15) is 0 Å². The molecule has 0 heterocycles. The van der Waals surface area contributed by atoms with Crippen molar-refractivity contribution in [2.45, 2.75) is 19.8 Å². The number of nitrogens with zero attached hydrogens (tertiary/aromatic N) is 1. The Hall–Kier alpha value is -1.82. The first-order chi connectivity index (χ1) is 7.13. The molecule has 0 fully saturated rings. The van der Waals surface area contributed by atoms with Crippen molar-refractivity contribution in [3.05, 3.63) is 36.0 Å². The van der Waals surface area contributed by atoms with Crippen LogP contribution < -0.4 is 0 Å². The number of hydrogen-bond donors (Lipinski definition) is 1. The lowest BCUT2D eigenvalue weighted by Gasteiger charge is -2.19. The van der Waals surface area contributed by atoms with Gasteiger partial charge in [-0.3, -0.25) is 0 Å². The number of aliphatic carboxylic acids is 1. The number of nitriles is 1. The van der Waals surface area contributed by atoms with Crippen LogP contribution in [0.1, 0.15) is 19.8 Å². The number of allylic oxidation sites excluding steroid dienone is 5. The van der Waals surface area contributed by atoms with Gasteiger partial charge in [0, 0.05) is 5.57 Å². The zero-order valence-electron chi connectivity index (χ0n) is 8.60. The minimum Gasteiger partial charge on any atom is -0.478 e. The second-order valence-corrected chi connectivity index (χ2v) is 3.47. The Labute approximate surface area is 89.0 Å². The summed E-state index contributed by atoms with van der Waals surface area (Å²) in [5, 5.41) is 18.0. The van der Waals surface area contributed by atoms with Gasteiger partial charge in [0.15, 0.2) is 0 Å². The van der Waals surface area contributed by atoms with E-state index in [0.717, 1.165) is 0 Å². The van der Waals surface area contributed by atoms with Gasteiger partial charge in [0.25, 0.3) is 0 Å². The molecule has 0 saturated carbocycles. The average molecular weight is 203 g/mol. The zero-order chi connectivity index (χ0) is 11.3. The molecule has 0 amide bonds. The van der Waals surface area contributed by atoms with Gasteiger partial charge in [-0.05, 0) is 18.9 Å². The molecule has 1 N–H and O–H groups in total. The molecule has 0 aromatic carbocycles. The van der Waals surface area contributed by atoms with Crippen LogP contribution >= 0.6 is 0 Å². The Morgan fingerprint density at radius 3 is 2.80 bits per heavy atom. The molecule has 0 aromatic heterocycles. The van der Waals surface area contributed by atoms with Crippen LogP contribution in [0.25, 0.3) is 0 Å². The fourth-order valence-corrected chi connectivity index (χ4v) is 1.49. The van der Waals surface area contributed by atoms with Crippen molar-refractivity contribution in [1.82, 2.24) is 0 Å². The van der Waals surface area contributed by atoms with Gasteiger partial charge in [0.2, 0.25) is 0 Å². The highest BCUT2D eigenvalue weighted by atomic mass is 16.4. The van der Waals surface area contributed by atoms with Crippen molar-refractivity contribution in [2.75, 3.05) is 0 Å². The highest BCUT2D eigenvalue weighted by Crippen LogP contribution is 2.30. The molecule has 1 rings (SSSR count). The molecule has 1 aliphatic carbocycles. The molecule has 1 atom stereocenters. The first-order valence-electron chi connectivity index (χ1n) is 4.84. The summed E-state index contributed by atoms with van der Waals surface area (Å²) in [5.41, 5.74) is -0.491. The zero-order valence-corrected chi connectivity index (χ0v) is 8.60. The highest BCUT2D eigenvalue weighted by molar-refractivity contribution is 5.86. The number of carboxylic acid groups (broad SMARTS) is 1. The van der Waals surface area contributed by atoms with Crippen LogP contribution in [0, 0.1) is 16.7 Å². The van der Waals surface area contributed by atoms with Crippen molar-refractivity contribution in [3.8, 4) is 6.07 Å². The second kappa shape index (κ2) is 4.61. The molecule has 0 radical (unpaired) electrons. The minimum atomic E-state index is -0.949. The number of carbonyl (C=O) groups is 1. The molecule has 0 aliphatic heterocycles. The van der Waals surface area contributed by atoms with Gasteiger partial charge in [-0.15, -0.1) is 0 Å². The summed E-state index contributed by atoms with van der Waals surface area (Å²) in [4.78, 5) is 10.8. The van der Waals surface area contributed by atoms with Crippen LogP contribution in [0.15, 0.2) is 36.0 Å². The van der Waals surface area contributed by atoms with Crippen LogP contribution in [-0.4, -0.2) is 11.1 Å². The maximum Gasteiger partial charge on any atom is 0.331 e. The van der Waals surface area contributed by atoms with E-state index in [1.807, 2.05) is 12.2 Å². The lowest BCUT2D eigenvalue weighted by atomic mass is 9.81. The topological polar surface area (TPSA) is 61.1 Å². The third kappa shape index (κ3) is 2.57. The maximum absolute atomic E-state index is 10.8. The van der Waals surface area contributed by atoms with E-state index in [1.165, 1.54) is 0 Å². The molecule has 1 aliphatic rings. The minimum absolute atomic E-state index is 0.288. The van der Waals surface area contributed by atoms with E-state index < -0.39 is 11.4 Å². The van der Waals surface area contributed by atoms with Gasteiger partial charge in [0.05, 0.1) is 11.5 Å². The van der Waals surface area contributed by atoms with Crippen molar-refractivity contribution < 1.29 is 9.90 Å². The van der Waals surface area contributed by atoms with Crippen LogP contribution in [-0.2, 0) is 4.79 Å². The molecule has 3 nitrogen and oxygen atoms in total. The van der Waals surface area contributed by atoms with E-state index in [4.69, 9.17) is 10.4 Å². The molecule has 78 valence electrons. The fourth-order valence-electron chi connectivity index (χ4n) is 1.49. The van der Waals surface area contributed by atoms with Gasteiger partial charge in [-0.25, -0.2) is 4.79 Å². The summed E-state index contributed by atoms with van der Waals surface area (Å²) in [6.07, 6.45) is 9.76.